The quantitative estimate of drug-likeness (QED) is 0.466. The molecule has 0 aliphatic carbocycles. The van der Waals surface area contributed by atoms with E-state index >= 15 is 0 Å². The molecule has 0 aliphatic rings. The summed E-state index contributed by atoms with van der Waals surface area (Å²) in [5.41, 5.74) is 1.46. The van der Waals surface area contributed by atoms with Crippen molar-refractivity contribution in [3.63, 3.8) is 0 Å². The Kier molecular flexibility index (Phi) is 5.81. The molecule has 0 unspecified atom stereocenters. The molecule has 0 amide bonds. The molecule has 0 aliphatic heterocycles. The number of hydrogen-bond donors (Lipinski definition) is 0. The molecule has 1 aromatic carbocycles. The summed E-state index contributed by atoms with van der Waals surface area (Å²) in [6.07, 6.45) is 2.54. The Labute approximate surface area is 136 Å². The van der Waals surface area contributed by atoms with Gasteiger partial charge in [0, 0.05) is 11.6 Å². The lowest BCUT2D eigenvalue weighted by molar-refractivity contribution is -0.137. The lowest BCUT2D eigenvalue weighted by Gasteiger charge is -2.05. The number of carbonyl (C=O) groups is 2. The van der Waals surface area contributed by atoms with Gasteiger partial charge in [-0.2, -0.15) is 5.10 Å². The van der Waals surface area contributed by atoms with Gasteiger partial charge in [0.15, 0.2) is 0 Å². The number of thioether (sulfide) groups is 1. The molecule has 0 atom stereocenters. The van der Waals surface area contributed by atoms with Gasteiger partial charge in [-0.05, 0) is 11.8 Å². The Bertz CT molecular complexity index is 735. The van der Waals surface area contributed by atoms with Crippen molar-refractivity contribution in [2.75, 3.05) is 14.2 Å². The predicted molar refractivity (Wildman–Crippen MR) is 83.2 cm³/mol. The highest BCUT2D eigenvalue weighted by molar-refractivity contribution is 8.03. The van der Waals surface area contributed by atoms with E-state index in [-0.39, 0.29) is 10.1 Å². The highest BCUT2D eigenvalue weighted by Gasteiger charge is 2.16. The molecule has 7 nitrogen and oxygen atoms in total. The number of methoxy groups -OCH3 is 2. The molecule has 118 valence electrons. The van der Waals surface area contributed by atoms with Crippen molar-refractivity contribution in [1.82, 2.24) is 15.2 Å². The topological polar surface area (TPSA) is 91.3 Å². The highest BCUT2D eigenvalue weighted by atomic mass is 32.2. The molecular weight excluding hydrogens is 318 g/mol. The number of carbonyl (C=O) groups excluding carboxylic acids is 2. The predicted octanol–water partition coefficient (Wildman–Crippen LogP) is 1.86. The molecule has 0 spiro atoms. The van der Waals surface area contributed by atoms with Crippen LogP contribution in [0.3, 0.4) is 0 Å². The molecule has 0 N–H and O–H groups in total. The fourth-order valence-corrected chi connectivity index (χ4v) is 2.32. The number of hydrogen-bond acceptors (Lipinski definition) is 8. The highest BCUT2D eigenvalue weighted by Crippen LogP contribution is 2.25. The van der Waals surface area contributed by atoms with E-state index in [1.165, 1.54) is 20.4 Å². The zero-order valence-corrected chi connectivity index (χ0v) is 13.2. The molecule has 0 fully saturated rings. The van der Waals surface area contributed by atoms with Crippen LogP contribution < -0.4 is 0 Å². The van der Waals surface area contributed by atoms with Crippen molar-refractivity contribution in [3.8, 4) is 11.3 Å². The van der Waals surface area contributed by atoms with Gasteiger partial charge in [0.25, 0.3) is 0 Å². The smallest absolute Gasteiger partial charge is 0.345 e. The molecule has 0 radical (unpaired) electrons. The first-order chi connectivity index (χ1) is 11.1. The number of rotatable bonds is 5. The van der Waals surface area contributed by atoms with Crippen LogP contribution in [0.5, 0.6) is 0 Å². The zero-order valence-electron chi connectivity index (χ0n) is 12.4. The van der Waals surface area contributed by atoms with Gasteiger partial charge in [-0.1, -0.05) is 30.3 Å². The van der Waals surface area contributed by atoms with E-state index in [1.807, 2.05) is 30.3 Å². The summed E-state index contributed by atoms with van der Waals surface area (Å²) in [6, 6.07) is 9.40. The Hall–Kier alpha value is -2.74. The summed E-state index contributed by atoms with van der Waals surface area (Å²) in [5.74, 6) is -1.36. The Balaban J connectivity index is 2.29. The van der Waals surface area contributed by atoms with Gasteiger partial charge in [-0.3, -0.25) is 0 Å². The van der Waals surface area contributed by atoms with Crippen LogP contribution in [0.1, 0.15) is 0 Å². The van der Waals surface area contributed by atoms with Gasteiger partial charge in [0.1, 0.15) is 4.91 Å². The Morgan fingerprint density at radius 1 is 1.13 bits per heavy atom. The fourth-order valence-electron chi connectivity index (χ4n) is 1.57. The summed E-state index contributed by atoms with van der Waals surface area (Å²) in [5, 5.41) is 7.94. The van der Waals surface area contributed by atoms with E-state index in [4.69, 9.17) is 0 Å². The molecule has 8 heteroatoms. The molecule has 23 heavy (non-hydrogen) atoms. The van der Waals surface area contributed by atoms with E-state index in [0.717, 1.165) is 23.4 Å². The van der Waals surface area contributed by atoms with Crippen LogP contribution in [0.15, 0.2) is 52.7 Å². The van der Waals surface area contributed by atoms with Crippen LogP contribution in [0.2, 0.25) is 0 Å². The number of aromatic nitrogens is 3. The van der Waals surface area contributed by atoms with Crippen LogP contribution in [-0.2, 0) is 19.1 Å². The molecule has 1 aromatic heterocycles. The van der Waals surface area contributed by atoms with E-state index in [1.54, 1.807) is 0 Å². The van der Waals surface area contributed by atoms with Crippen LogP contribution in [0.4, 0.5) is 0 Å². The minimum Gasteiger partial charge on any atom is -0.466 e. The summed E-state index contributed by atoms with van der Waals surface area (Å²) < 4.78 is 9.15. The summed E-state index contributed by atoms with van der Waals surface area (Å²) >= 11 is 0.875. The van der Waals surface area contributed by atoms with Crippen molar-refractivity contribution in [2.24, 2.45) is 0 Å². The molecule has 2 aromatic rings. The second kappa shape index (κ2) is 8.04. The maximum Gasteiger partial charge on any atom is 0.345 e. The van der Waals surface area contributed by atoms with Crippen molar-refractivity contribution >= 4 is 23.7 Å². The minimum absolute atomic E-state index is 0.00589. The number of esters is 2. The van der Waals surface area contributed by atoms with Crippen LogP contribution in [0.25, 0.3) is 11.3 Å². The van der Waals surface area contributed by atoms with Gasteiger partial charge in [0.2, 0.25) is 5.16 Å². The van der Waals surface area contributed by atoms with Gasteiger partial charge in [-0.15, -0.1) is 5.10 Å². The van der Waals surface area contributed by atoms with Crippen LogP contribution in [-0.4, -0.2) is 41.3 Å². The molecular formula is C15H13N3O4S. The van der Waals surface area contributed by atoms with Gasteiger partial charge < -0.3 is 9.47 Å². The first-order valence-corrected chi connectivity index (χ1v) is 7.26. The third-order valence-electron chi connectivity index (χ3n) is 2.65. The van der Waals surface area contributed by atoms with Crippen molar-refractivity contribution in [1.29, 1.82) is 0 Å². The van der Waals surface area contributed by atoms with Crippen molar-refractivity contribution in [3.05, 3.63) is 47.5 Å². The lowest BCUT2D eigenvalue weighted by Crippen LogP contribution is -2.07. The third-order valence-corrected chi connectivity index (χ3v) is 3.51. The molecule has 0 saturated carbocycles. The average molecular weight is 331 g/mol. The van der Waals surface area contributed by atoms with E-state index in [2.05, 4.69) is 24.7 Å². The maximum absolute atomic E-state index is 11.7. The van der Waals surface area contributed by atoms with E-state index < -0.39 is 11.9 Å². The second-order valence-corrected chi connectivity index (χ2v) is 5.12. The summed E-state index contributed by atoms with van der Waals surface area (Å²) in [6.45, 7) is 0. The number of benzene rings is 1. The SMILES string of the molecule is COC(=O)C=C(Sc1nncc(-c2ccccc2)n1)C(=O)OC. The first kappa shape index (κ1) is 16.6. The third kappa shape index (κ3) is 4.62. The fraction of sp³-hybridized carbons (Fsp3) is 0.133. The van der Waals surface area contributed by atoms with Gasteiger partial charge in [-0.25, -0.2) is 14.6 Å². The Morgan fingerprint density at radius 3 is 2.52 bits per heavy atom. The molecule has 2 rings (SSSR count). The Morgan fingerprint density at radius 2 is 1.87 bits per heavy atom. The van der Waals surface area contributed by atoms with E-state index in [0.29, 0.717) is 5.69 Å². The first-order valence-electron chi connectivity index (χ1n) is 6.45. The lowest BCUT2D eigenvalue weighted by atomic mass is 10.2. The minimum atomic E-state index is -0.686. The second-order valence-electron chi connectivity index (χ2n) is 4.12. The average Bonchev–Trinajstić information content (AvgIpc) is 2.61. The van der Waals surface area contributed by atoms with E-state index in [9.17, 15) is 9.59 Å². The van der Waals surface area contributed by atoms with Crippen LogP contribution >= 0.6 is 11.8 Å². The monoisotopic (exact) mass is 331 g/mol. The summed E-state index contributed by atoms with van der Waals surface area (Å²) in [4.78, 5) is 27.4. The number of ether oxygens (including phenoxy) is 2. The summed E-state index contributed by atoms with van der Waals surface area (Å²) in [7, 11) is 2.43. The zero-order chi connectivity index (χ0) is 16.7. The normalized spacial score (nSPS) is 11.0. The largest absolute Gasteiger partial charge is 0.466 e. The van der Waals surface area contributed by atoms with Crippen molar-refractivity contribution < 1.29 is 19.1 Å². The standard InChI is InChI=1S/C15H13N3O4S/c1-21-13(19)8-12(14(20)22-2)23-15-17-11(9-16-18-15)10-6-4-3-5-7-10/h3-9H,1-2H3. The molecule has 1 heterocycles. The molecule has 0 saturated heterocycles. The van der Waals surface area contributed by atoms with Crippen LogP contribution in [0, 0.1) is 0 Å². The maximum atomic E-state index is 11.7. The van der Waals surface area contributed by atoms with Gasteiger partial charge >= 0.3 is 11.9 Å². The number of nitrogens with zero attached hydrogens (tertiary/aromatic N) is 3. The van der Waals surface area contributed by atoms with Gasteiger partial charge in [0.05, 0.1) is 26.1 Å². The van der Waals surface area contributed by atoms with Crippen molar-refractivity contribution in [2.45, 2.75) is 5.16 Å². The molecule has 0 bridgehead atoms.